The van der Waals surface area contributed by atoms with Crippen molar-refractivity contribution in [3.8, 4) is 0 Å². The third-order valence-corrected chi connectivity index (χ3v) is 6.44. The number of ether oxygens (including phenoxy) is 3. The van der Waals surface area contributed by atoms with E-state index in [9.17, 15) is 0 Å². The maximum absolute atomic E-state index is 6.05. The van der Waals surface area contributed by atoms with Gasteiger partial charge in [-0.15, -0.1) is 0 Å². The van der Waals surface area contributed by atoms with Crippen molar-refractivity contribution < 1.29 is 19.0 Å². The zero-order valence-corrected chi connectivity index (χ0v) is 14.3. The lowest BCUT2D eigenvalue weighted by Crippen LogP contribution is -2.49. The van der Waals surface area contributed by atoms with Crippen LogP contribution in [0.2, 0.25) is 0 Å². The molecule has 4 fully saturated rings. The average molecular weight is 325 g/mol. The molecule has 0 aromatic carbocycles. The molecule has 2 saturated heterocycles. The summed E-state index contributed by atoms with van der Waals surface area (Å²) in [4.78, 5) is 5.73. The number of rotatable bonds is 4. The van der Waals surface area contributed by atoms with Gasteiger partial charge in [-0.3, -0.25) is 4.84 Å². The van der Waals surface area contributed by atoms with Crippen molar-refractivity contribution in [1.29, 1.82) is 0 Å². The Morgan fingerprint density at radius 2 is 1.87 bits per heavy atom. The van der Waals surface area contributed by atoms with Crippen LogP contribution in [0.15, 0.2) is 0 Å². The van der Waals surface area contributed by atoms with Gasteiger partial charge < -0.3 is 14.2 Å². The lowest BCUT2D eigenvalue weighted by atomic mass is 9.67. The summed E-state index contributed by atoms with van der Waals surface area (Å²) >= 11 is 0. The Hall–Kier alpha value is -0.200. The molecule has 0 aromatic rings. The minimum Gasteiger partial charge on any atom is -0.381 e. The maximum Gasteiger partial charge on any atom is 0.147 e. The zero-order chi connectivity index (χ0) is 15.6. The van der Waals surface area contributed by atoms with E-state index in [1.54, 1.807) is 0 Å². The highest BCUT2D eigenvalue weighted by Gasteiger charge is 2.47. The van der Waals surface area contributed by atoms with Gasteiger partial charge in [-0.2, -0.15) is 5.06 Å². The molecule has 0 amide bonds. The van der Waals surface area contributed by atoms with Crippen LogP contribution in [-0.2, 0) is 19.0 Å². The Balaban J connectivity index is 1.45. The highest BCUT2D eigenvalue weighted by molar-refractivity contribution is 4.95. The van der Waals surface area contributed by atoms with Gasteiger partial charge in [0.25, 0.3) is 0 Å². The summed E-state index contributed by atoms with van der Waals surface area (Å²) in [5.74, 6) is 1.79. The summed E-state index contributed by atoms with van der Waals surface area (Å²) in [7, 11) is 1.90. The molecule has 5 heteroatoms. The minimum absolute atomic E-state index is 0.299. The van der Waals surface area contributed by atoms with Gasteiger partial charge in [0.15, 0.2) is 0 Å². The van der Waals surface area contributed by atoms with E-state index in [1.165, 1.54) is 32.1 Å². The summed E-state index contributed by atoms with van der Waals surface area (Å²) in [6, 6.07) is 0. The second kappa shape index (κ2) is 7.36. The van der Waals surface area contributed by atoms with Crippen molar-refractivity contribution in [2.24, 2.45) is 17.8 Å². The zero-order valence-electron chi connectivity index (χ0n) is 14.3. The van der Waals surface area contributed by atoms with Crippen molar-refractivity contribution in [3.63, 3.8) is 0 Å². The Morgan fingerprint density at radius 1 is 1.00 bits per heavy atom. The second-order valence-corrected chi connectivity index (χ2v) is 7.68. The third kappa shape index (κ3) is 3.31. The molecule has 4 aliphatic rings. The highest BCUT2D eigenvalue weighted by atomic mass is 16.7. The third-order valence-electron chi connectivity index (χ3n) is 6.44. The quantitative estimate of drug-likeness (QED) is 0.794. The molecule has 2 saturated carbocycles. The van der Waals surface area contributed by atoms with Gasteiger partial charge in [-0.05, 0) is 43.9 Å². The van der Waals surface area contributed by atoms with Gasteiger partial charge >= 0.3 is 0 Å². The van der Waals surface area contributed by atoms with E-state index in [4.69, 9.17) is 19.0 Å². The molecule has 6 unspecified atom stereocenters. The molecular formula is C18H31NO4. The largest absolute Gasteiger partial charge is 0.381 e. The number of hydrogen-bond acceptors (Lipinski definition) is 5. The first-order valence-corrected chi connectivity index (χ1v) is 9.50. The molecule has 23 heavy (non-hydrogen) atoms. The summed E-state index contributed by atoms with van der Waals surface area (Å²) in [5.41, 5.74) is 0. The topological polar surface area (TPSA) is 40.2 Å². The second-order valence-electron chi connectivity index (χ2n) is 7.68. The van der Waals surface area contributed by atoms with Crippen LogP contribution in [0.1, 0.15) is 44.9 Å². The maximum atomic E-state index is 6.05. The molecule has 2 aliphatic carbocycles. The number of methoxy groups -OCH3 is 1. The Kier molecular flexibility index (Phi) is 5.21. The van der Waals surface area contributed by atoms with Crippen molar-refractivity contribution in [2.75, 3.05) is 33.6 Å². The van der Waals surface area contributed by atoms with Crippen molar-refractivity contribution >= 4 is 0 Å². The van der Waals surface area contributed by atoms with Gasteiger partial charge in [0.1, 0.15) is 6.79 Å². The first-order chi connectivity index (χ1) is 11.4. The van der Waals surface area contributed by atoms with Gasteiger partial charge in [0.2, 0.25) is 0 Å². The van der Waals surface area contributed by atoms with Gasteiger partial charge in [-0.25, -0.2) is 0 Å². The first kappa shape index (κ1) is 16.3. The Morgan fingerprint density at radius 3 is 2.70 bits per heavy atom. The monoisotopic (exact) mass is 325 g/mol. The predicted octanol–water partition coefficient (Wildman–Crippen LogP) is 2.60. The van der Waals surface area contributed by atoms with E-state index in [0.29, 0.717) is 42.9 Å². The van der Waals surface area contributed by atoms with Crippen molar-refractivity contribution in [1.82, 2.24) is 5.06 Å². The standard InChI is InChI=1S/C18H31NO4/c1-20-17-13(11-19-9-4-10-23-19)5-2-6-14(17)15-7-3-8-16-18(15)22-12-21-16/h13-18H,2-12H2,1H3. The molecule has 5 nitrogen and oxygen atoms in total. The highest BCUT2D eigenvalue weighted by Crippen LogP contribution is 2.45. The van der Waals surface area contributed by atoms with E-state index in [0.717, 1.165) is 32.5 Å². The van der Waals surface area contributed by atoms with Crippen LogP contribution >= 0.6 is 0 Å². The van der Waals surface area contributed by atoms with E-state index in [-0.39, 0.29) is 0 Å². The summed E-state index contributed by atoms with van der Waals surface area (Å²) in [6.07, 6.45) is 9.65. The van der Waals surface area contributed by atoms with Crippen LogP contribution in [-0.4, -0.2) is 57.0 Å². The van der Waals surface area contributed by atoms with Gasteiger partial charge in [0.05, 0.1) is 24.9 Å². The van der Waals surface area contributed by atoms with E-state index in [2.05, 4.69) is 5.06 Å². The predicted molar refractivity (Wildman–Crippen MR) is 85.7 cm³/mol. The molecule has 4 rings (SSSR count). The Bertz CT molecular complexity index is 387. The van der Waals surface area contributed by atoms with E-state index >= 15 is 0 Å². The molecule has 0 bridgehead atoms. The van der Waals surface area contributed by atoms with Crippen LogP contribution in [0.4, 0.5) is 0 Å². The van der Waals surface area contributed by atoms with Crippen LogP contribution < -0.4 is 0 Å². The fraction of sp³-hybridized carbons (Fsp3) is 1.00. The molecule has 132 valence electrons. The van der Waals surface area contributed by atoms with Crippen LogP contribution in [0.3, 0.4) is 0 Å². The number of nitrogens with zero attached hydrogens (tertiary/aromatic N) is 1. The molecule has 0 spiro atoms. The molecule has 0 N–H and O–H groups in total. The molecule has 2 heterocycles. The van der Waals surface area contributed by atoms with Gasteiger partial charge in [0, 0.05) is 26.1 Å². The lowest BCUT2D eigenvalue weighted by Gasteiger charge is -2.45. The van der Waals surface area contributed by atoms with E-state index in [1.807, 2.05) is 7.11 Å². The lowest BCUT2D eigenvalue weighted by molar-refractivity contribution is -0.147. The fourth-order valence-corrected chi connectivity index (χ4v) is 5.45. The van der Waals surface area contributed by atoms with E-state index < -0.39 is 0 Å². The summed E-state index contributed by atoms with van der Waals surface area (Å²) in [5, 5.41) is 2.16. The minimum atomic E-state index is 0.299. The molecule has 0 radical (unpaired) electrons. The van der Waals surface area contributed by atoms with Crippen molar-refractivity contribution in [2.45, 2.75) is 63.3 Å². The Labute approximate surface area is 139 Å². The number of hydroxylamine groups is 2. The first-order valence-electron chi connectivity index (χ1n) is 9.50. The van der Waals surface area contributed by atoms with Crippen LogP contribution in [0.5, 0.6) is 0 Å². The molecular weight excluding hydrogens is 294 g/mol. The van der Waals surface area contributed by atoms with Crippen LogP contribution in [0, 0.1) is 17.8 Å². The molecule has 2 aliphatic heterocycles. The van der Waals surface area contributed by atoms with Crippen molar-refractivity contribution in [3.05, 3.63) is 0 Å². The summed E-state index contributed by atoms with van der Waals surface area (Å²) in [6.45, 7) is 3.46. The number of fused-ring (bicyclic) bond motifs is 1. The fourth-order valence-electron chi connectivity index (χ4n) is 5.45. The normalized spacial score (nSPS) is 45.3. The van der Waals surface area contributed by atoms with Gasteiger partial charge in [-0.1, -0.05) is 12.8 Å². The molecule has 6 atom stereocenters. The average Bonchev–Trinajstić information content (AvgIpc) is 3.25. The molecule has 0 aromatic heterocycles. The summed E-state index contributed by atoms with van der Waals surface area (Å²) < 4.78 is 17.8. The SMILES string of the molecule is COC1C(CN2CCCO2)CCCC1C1CCCC2OCOC21. The smallest absolute Gasteiger partial charge is 0.147 e. The van der Waals surface area contributed by atoms with Crippen LogP contribution in [0.25, 0.3) is 0 Å². The number of hydrogen-bond donors (Lipinski definition) is 0.